The summed E-state index contributed by atoms with van der Waals surface area (Å²) in [4.78, 5) is 11.7. The summed E-state index contributed by atoms with van der Waals surface area (Å²) in [5.74, 6) is -0.282. The van der Waals surface area contributed by atoms with Crippen LogP contribution in [0.5, 0.6) is 0 Å². The average Bonchev–Trinajstić information content (AvgIpc) is 2.83. The van der Waals surface area contributed by atoms with Crippen LogP contribution in [0, 0.1) is 0 Å². The Kier molecular flexibility index (Phi) is 3.55. The van der Waals surface area contributed by atoms with E-state index in [0.717, 1.165) is 5.56 Å². The second-order valence-corrected chi connectivity index (χ2v) is 3.88. The van der Waals surface area contributed by atoms with E-state index in [1.807, 2.05) is 60.7 Å². The number of hydrogen-bond donors (Lipinski definition) is 0. The molecule has 1 aliphatic carbocycles. The molecule has 0 aliphatic heterocycles. The molecule has 1 aromatic carbocycles. The minimum atomic E-state index is -0.282. The van der Waals surface area contributed by atoms with Gasteiger partial charge < -0.3 is 4.74 Å². The van der Waals surface area contributed by atoms with Crippen molar-refractivity contribution in [1.29, 1.82) is 0 Å². The monoisotopic (exact) mass is 226 g/mol. The first-order chi connectivity index (χ1) is 8.25. The minimum absolute atomic E-state index is 0.221. The summed E-state index contributed by atoms with van der Waals surface area (Å²) in [6.45, 7) is 1.76. The molecule has 2 heteroatoms. The number of esters is 1. The largest absolute Gasteiger partial charge is 0.450 e. The Hall–Kier alpha value is -2.09. The third-order valence-corrected chi connectivity index (χ3v) is 2.46. The molecule has 0 radical (unpaired) electrons. The quantitative estimate of drug-likeness (QED) is 0.584. The highest BCUT2D eigenvalue weighted by Gasteiger charge is 2.11. The van der Waals surface area contributed by atoms with E-state index in [9.17, 15) is 4.79 Å². The second kappa shape index (κ2) is 5.30. The molecular weight excluding hydrogens is 212 g/mol. The Morgan fingerprint density at radius 1 is 1.18 bits per heavy atom. The molecule has 0 spiro atoms. The maximum absolute atomic E-state index is 11.7. The molecule has 86 valence electrons. The molecule has 2 nitrogen and oxygen atoms in total. The van der Waals surface area contributed by atoms with Crippen LogP contribution in [0.15, 0.2) is 60.2 Å². The molecule has 0 saturated carbocycles. The lowest BCUT2D eigenvalue weighted by Gasteiger charge is -2.08. The van der Waals surface area contributed by atoms with Gasteiger partial charge >= 0.3 is 5.97 Å². The van der Waals surface area contributed by atoms with Crippen molar-refractivity contribution in [2.24, 2.45) is 0 Å². The van der Waals surface area contributed by atoms with Gasteiger partial charge in [-0.05, 0) is 30.7 Å². The fourth-order valence-electron chi connectivity index (χ4n) is 1.56. The maximum atomic E-state index is 11.7. The topological polar surface area (TPSA) is 26.3 Å². The number of hydrogen-bond acceptors (Lipinski definition) is 2. The summed E-state index contributed by atoms with van der Waals surface area (Å²) in [7, 11) is 0. The first-order valence-corrected chi connectivity index (χ1v) is 5.55. The summed E-state index contributed by atoms with van der Waals surface area (Å²) in [5, 5.41) is 0. The molecular formula is C15H14O2. The van der Waals surface area contributed by atoms with Crippen molar-refractivity contribution in [1.82, 2.24) is 0 Å². The smallest absolute Gasteiger partial charge is 0.334 e. The number of carbonyl (C=O) groups excluding carboxylic acids is 1. The first kappa shape index (κ1) is 11.4. The van der Waals surface area contributed by atoms with E-state index in [-0.39, 0.29) is 12.1 Å². The lowest BCUT2D eigenvalue weighted by atomic mass is 10.1. The normalized spacial score (nSPS) is 15.2. The molecule has 0 heterocycles. The van der Waals surface area contributed by atoms with Gasteiger partial charge in [0.2, 0.25) is 0 Å². The fourth-order valence-corrected chi connectivity index (χ4v) is 1.56. The zero-order valence-electron chi connectivity index (χ0n) is 9.67. The van der Waals surface area contributed by atoms with E-state index in [4.69, 9.17) is 4.74 Å². The highest BCUT2D eigenvalue weighted by Crippen LogP contribution is 2.11. The predicted molar refractivity (Wildman–Crippen MR) is 68.3 cm³/mol. The first-order valence-electron chi connectivity index (χ1n) is 5.55. The zero-order valence-corrected chi connectivity index (χ0v) is 9.67. The highest BCUT2D eigenvalue weighted by atomic mass is 16.5. The Bertz CT molecular complexity index is 469. The van der Waals surface area contributed by atoms with Crippen molar-refractivity contribution in [3.8, 4) is 0 Å². The van der Waals surface area contributed by atoms with Crippen molar-refractivity contribution in [2.45, 2.75) is 13.0 Å². The molecule has 17 heavy (non-hydrogen) atoms. The minimum Gasteiger partial charge on any atom is -0.450 e. The van der Waals surface area contributed by atoms with E-state index < -0.39 is 0 Å². The third kappa shape index (κ3) is 3.18. The van der Waals surface area contributed by atoms with Gasteiger partial charge in [-0.25, -0.2) is 4.79 Å². The van der Waals surface area contributed by atoms with Gasteiger partial charge in [-0.1, -0.05) is 42.5 Å². The summed E-state index contributed by atoms with van der Waals surface area (Å²) in [6, 6.07) is 9.72. The van der Waals surface area contributed by atoms with E-state index >= 15 is 0 Å². The molecule has 2 rings (SSSR count). The van der Waals surface area contributed by atoms with Crippen molar-refractivity contribution in [3.63, 3.8) is 0 Å². The lowest BCUT2D eigenvalue weighted by Crippen LogP contribution is -2.13. The van der Waals surface area contributed by atoms with Crippen LogP contribution in [-0.2, 0) is 9.53 Å². The number of rotatable bonds is 3. The van der Waals surface area contributed by atoms with Crippen molar-refractivity contribution in [2.75, 3.05) is 0 Å². The molecule has 0 bridgehead atoms. The summed E-state index contributed by atoms with van der Waals surface area (Å²) in [6.07, 6.45) is 9.02. The number of carbonyl (C=O) groups is 1. The van der Waals surface area contributed by atoms with Gasteiger partial charge in [-0.2, -0.15) is 0 Å². The second-order valence-electron chi connectivity index (χ2n) is 3.88. The van der Waals surface area contributed by atoms with Crippen molar-refractivity contribution in [3.05, 3.63) is 65.8 Å². The van der Waals surface area contributed by atoms with Gasteiger partial charge in [0.25, 0.3) is 0 Å². The molecule has 0 N–H and O–H groups in total. The fraction of sp³-hybridized carbons (Fsp3) is 0.133. The van der Waals surface area contributed by atoms with Crippen LogP contribution in [0.1, 0.15) is 12.5 Å². The Balaban J connectivity index is 2.02. The van der Waals surface area contributed by atoms with Gasteiger partial charge in [-0.15, -0.1) is 0 Å². The number of allylic oxidation sites excluding steroid dienone is 2. The van der Waals surface area contributed by atoms with Crippen molar-refractivity contribution < 1.29 is 9.53 Å². The van der Waals surface area contributed by atoms with Crippen LogP contribution in [0.2, 0.25) is 0 Å². The number of benzene rings is 1. The molecule has 0 unspecified atom stereocenters. The van der Waals surface area contributed by atoms with Gasteiger partial charge in [0.15, 0.2) is 0 Å². The third-order valence-electron chi connectivity index (χ3n) is 2.46. The van der Waals surface area contributed by atoms with Gasteiger partial charge in [0, 0.05) is 5.57 Å². The lowest BCUT2D eigenvalue weighted by molar-refractivity contribution is -0.140. The molecule has 1 aromatic rings. The van der Waals surface area contributed by atoms with Crippen LogP contribution in [-0.4, -0.2) is 12.1 Å². The van der Waals surface area contributed by atoms with E-state index in [1.54, 1.807) is 6.92 Å². The number of ether oxygens (including phenoxy) is 1. The predicted octanol–water partition coefficient (Wildman–Crippen LogP) is 3.13. The van der Waals surface area contributed by atoms with Gasteiger partial charge in [-0.3, -0.25) is 0 Å². The standard InChI is InChI=1S/C15H14O2/c1-12(11-13-7-3-2-4-8-13)15(16)17-14-9-5-6-10-14/h2-11,14H,1H3. The summed E-state index contributed by atoms with van der Waals surface area (Å²) in [5.41, 5.74) is 1.60. The van der Waals surface area contributed by atoms with Crippen molar-refractivity contribution >= 4 is 12.0 Å². The van der Waals surface area contributed by atoms with Crippen LogP contribution >= 0.6 is 0 Å². The van der Waals surface area contributed by atoms with E-state index in [0.29, 0.717) is 5.57 Å². The maximum Gasteiger partial charge on any atom is 0.334 e. The Labute approximate surface area is 101 Å². The van der Waals surface area contributed by atoms with Crippen LogP contribution in [0.3, 0.4) is 0 Å². The SMILES string of the molecule is CC(=Cc1ccccc1)C(=O)OC1C=CC=C1. The highest BCUT2D eigenvalue weighted by molar-refractivity contribution is 5.93. The van der Waals surface area contributed by atoms with Gasteiger partial charge in [0.05, 0.1) is 0 Å². The molecule has 0 atom stereocenters. The molecule has 1 aliphatic rings. The summed E-state index contributed by atoms with van der Waals surface area (Å²) < 4.78 is 5.26. The molecule has 0 fully saturated rings. The molecule has 0 aromatic heterocycles. The average molecular weight is 226 g/mol. The zero-order chi connectivity index (χ0) is 12.1. The molecule has 0 saturated heterocycles. The Morgan fingerprint density at radius 2 is 1.82 bits per heavy atom. The molecule has 0 amide bonds. The van der Waals surface area contributed by atoms with Crippen LogP contribution < -0.4 is 0 Å². The Morgan fingerprint density at radius 3 is 2.47 bits per heavy atom. The summed E-state index contributed by atoms with van der Waals surface area (Å²) >= 11 is 0. The van der Waals surface area contributed by atoms with Gasteiger partial charge in [0.1, 0.15) is 6.10 Å². The van der Waals surface area contributed by atoms with E-state index in [1.165, 1.54) is 0 Å². The van der Waals surface area contributed by atoms with Crippen LogP contribution in [0.4, 0.5) is 0 Å². The van der Waals surface area contributed by atoms with Crippen LogP contribution in [0.25, 0.3) is 6.08 Å². The van der Waals surface area contributed by atoms with E-state index in [2.05, 4.69) is 0 Å².